The lowest BCUT2D eigenvalue weighted by molar-refractivity contribution is 0.660. The van der Waals surface area contributed by atoms with Gasteiger partial charge in [-0.15, -0.1) is 0 Å². The van der Waals surface area contributed by atoms with Crippen molar-refractivity contribution in [3.63, 3.8) is 0 Å². The molecule has 0 saturated heterocycles. The van der Waals surface area contributed by atoms with Crippen molar-refractivity contribution in [1.82, 2.24) is 0 Å². The Morgan fingerprint density at radius 3 is 1.28 bits per heavy atom. The molecule has 10 aromatic carbocycles. The van der Waals surface area contributed by atoms with Crippen LogP contribution in [-0.2, 0) is 10.8 Å². The number of benzene rings is 10. The van der Waals surface area contributed by atoms with Gasteiger partial charge in [-0.1, -0.05) is 234 Å². The molecule has 2 atom stereocenters. The summed E-state index contributed by atoms with van der Waals surface area (Å²) in [7, 11) is 0. The molecule has 0 amide bonds. The second-order valence-electron chi connectivity index (χ2n) is 20.8. The molecular formula is C70H56N2. The summed E-state index contributed by atoms with van der Waals surface area (Å²) >= 11 is 0. The van der Waals surface area contributed by atoms with Crippen LogP contribution in [0, 0.1) is 0 Å². The van der Waals surface area contributed by atoms with Crippen LogP contribution in [-0.4, -0.2) is 0 Å². The Morgan fingerprint density at radius 1 is 0.333 bits per heavy atom. The van der Waals surface area contributed by atoms with E-state index in [1.54, 1.807) is 0 Å². The first-order valence-electron chi connectivity index (χ1n) is 25.5. The first-order valence-corrected chi connectivity index (χ1v) is 25.5. The lowest BCUT2D eigenvalue weighted by atomic mass is 9.80. The van der Waals surface area contributed by atoms with Crippen LogP contribution in [0.25, 0.3) is 44.7 Å². The molecule has 10 aromatic rings. The first-order chi connectivity index (χ1) is 35.3. The molecule has 2 unspecified atom stereocenters. The van der Waals surface area contributed by atoms with Gasteiger partial charge in [0.1, 0.15) is 0 Å². The van der Waals surface area contributed by atoms with E-state index < -0.39 is 0 Å². The lowest BCUT2D eigenvalue weighted by Gasteiger charge is -2.33. The van der Waals surface area contributed by atoms with Gasteiger partial charge in [-0.05, 0) is 132 Å². The Bertz CT molecular complexity index is 3560. The van der Waals surface area contributed by atoms with Crippen molar-refractivity contribution in [2.24, 2.45) is 0 Å². The monoisotopic (exact) mass is 924 g/mol. The first kappa shape index (κ1) is 43.6. The second kappa shape index (κ2) is 17.1. The van der Waals surface area contributed by atoms with Gasteiger partial charge in [0.2, 0.25) is 0 Å². The standard InChI is InChI=1S/C70H56N2/c1-69(2)61-31-19-17-29-57(61)59-43-41-55(45-63(59)69)71(56-42-44-60-58-30-18-20-32-62(58)70(3,4)64(60)46-56)54-39-37-48(38-40-54)47-33-35-50(36-34-47)66-65(49-21-9-5-10-22-49)67(51-23-11-6-12-24-51)72(53-27-15-8-16-28-53)68(66)52-25-13-7-14-26-52/h5-46,66,68H,1-4H3. The van der Waals surface area contributed by atoms with Crippen LogP contribution < -0.4 is 9.80 Å². The predicted molar refractivity (Wildman–Crippen MR) is 302 cm³/mol. The quantitative estimate of drug-likeness (QED) is 0.142. The molecule has 0 spiro atoms. The molecule has 0 bridgehead atoms. The van der Waals surface area contributed by atoms with E-state index in [9.17, 15) is 0 Å². The number of fused-ring (bicyclic) bond motifs is 6. The van der Waals surface area contributed by atoms with Crippen LogP contribution in [0.5, 0.6) is 0 Å². The number of nitrogens with zero attached hydrogens (tertiary/aromatic N) is 2. The maximum Gasteiger partial charge on any atom is 0.0702 e. The molecule has 2 aliphatic carbocycles. The topological polar surface area (TPSA) is 6.48 Å². The van der Waals surface area contributed by atoms with Gasteiger partial charge < -0.3 is 9.80 Å². The molecule has 0 radical (unpaired) electrons. The van der Waals surface area contributed by atoms with Crippen molar-refractivity contribution < 1.29 is 0 Å². The minimum atomic E-state index is -0.120. The van der Waals surface area contributed by atoms with Gasteiger partial charge in [-0.2, -0.15) is 0 Å². The highest BCUT2D eigenvalue weighted by molar-refractivity contribution is 6.04. The highest BCUT2D eigenvalue weighted by Gasteiger charge is 2.44. The van der Waals surface area contributed by atoms with Crippen molar-refractivity contribution >= 4 is 34.0 Å². The van der Waals surface area contributed by atoms with Gasteiger partial charge in [0.15, 0.2) is 0 Å². The van der Waals surface area contributed by atoms with Crippen LogP contribution in [0.2, 0.25) is 0 Å². The number of hydrogen-bond acceptors (Lipinski definition) is 2. The molecule has 72 heavy (non-hydrogen) atoms. The summed E-state index contributed by atoms with van der Waals surface area (Å²) in [5, 5.41) is 0. The van der Waals surface area contributed by atoms with E-state index in [-0.39, 0.29) is 22.8 Å². The van der Waals surface area contributed by atoms with Crippen LogP contribution in [0.1, 0.15) is 84.2 Å². The van der Waals surface area contributed by atoms with Crippen LogP contribution in [0.4, 0.5) is 22.7 Å². The zero-order valence-electron chi connectivity index (χ0n) is 41.3. The zero-order chi connectivity index (χ0) is 48.6. The molecule has 13 rings (SSSR count). The molecule has 346 valence electrons. The molecule has 0 fully saturated rings. The van der Waals surface area contributed by atoms with E-state index >= 15 is 0 Å². The minimum absolute atomic E-state index is 0.00745. The van der Waals surface area contributed by atoms with Gasteiger partial charge in [0, 0.05) is 39.5 Å². The van der Waals surface area contributed by atoms with Crippen molar-refractivity contribution in [1.29, 1.82) is 0 Å². The maximum atomic E-state index is 2.59. The van der Waals surface area contributed by atoms with Gasteiger partial charge in [0.25, 0.3) is 0 Å². The number of anilines is 4. The molecule has 0 aromatic heterocycles. The summed E-state index contributed by atoms with van der Waals surface area (Å²) in [6.45, 7) is 9.48. The molecule has 1 heterocycles. The Morgan fingerprint density at radius 2 is 0.750 bits per heavy atom. The smallest absolute Gasteiger partial charge is 0.0702 e. The van der Waals surface area contributed by atoms with Crippen LogP contribution in [0.15, 0.2) is 255 Å². The summed E-state index contributed by atoms with van der Waals surface area (Å²) in [6, 6.07) is 94.8. The molecule has 2 nitrogen and oxygen atoms in total. The fourth-order valence-electron chi connectivity index (χ4n) is 12.6. The van der Waals surface area contributed by atoms with E-state index in [1.807, 2.05) is 0 Å². The summed E-state index contributed by atoms with van der Waals surface area (Å²) in [4.78, 5) is 5.06. The SMILES string of the molecule is CC1(C)c2ccccc2-c2ccc(N(c3ccc(-c4ccc(C5C(c6ccccc6)=C(c6ccccc6)N(c6ccccc6)C5c5ccccc5)cc4)cc3)c3ccc4c(c3)C(C)(C)c3ccccc3-4)cc21. The summed E-state index contributed by atoms with van der Waals surface area (Å²) in [5.41, 5.74) is 25.1. The van der Waals surface area contributed by atoms with E-state index in [4.69, 9.17) is 0 Å². The third kappa shape index (κ3) is 7.00. The van der Waals surface area contributed by atoms with Crippen molar-refractivity contribution in [2.45, 2.75) is 50.5 Å². The number of para-hydroxylation sites is 1. The van der Waals surface area contributed by atoms with E-state index in [0.29, 0.717) is 0 Å². The van der Waals surface area contributed by atoms with E-state index in [0.717, 1.165) is 17.1 Å². The third-order valence-electron chi connectivity index (χ3n) is 16.1. The van der Waals surface area contributed by atoms with Crippen molar-refractivity contribution in [3.8, 4) is 33.4 Å². The normalized spacial score (nSPS) is 16.8. The fraction of sp³-hybridized carbons (Fsp3) is 0.114. The van der Waals surface area contributed by atoms with Gasteiger partial charge in [-0.3, -0.25) is 0 Å². The Kier molecular flexibility index (Phi) is 10.4. The molecule has 2 heteroatoms. The lowest BCUT2D eigenvalue weighted by Crippen LogP contribution is -2.25. The van der Waals surface area contributed by atoms with E-state index in [2.05, 4.69) is 292 Å². The maximum absolute atomic E-state index is 2.59. The molecular weight excluding hydrogens is 869 g/mol. The van der Waals surface area contributed by atoms with Crippen LogP contribution >= 0.6 is 0 Å². The summed E-state index contributed by atoms with van der Waals surface area (Å²) < 4.78 is 0. The van der Waals surface area contributed by atoms with Gasteiger partial charge in [0.05, 0.1) is 11.7 Å². The molecule has 1 aliphatic heterocycles. The van der Waals surface area contributed by atoms with Crippen molar-refractivity contribution in [2.75, 3.05) is 9.80 Å². The zero-order valence-corrected chi connectivity index (χ0v) is 41.3. The number of hydrogen-bond donors (Lipinski definition) is 0. The minimum Gasteiger partial charge on any atom is -0.332 e. The highest BCUT2D eigenvalue weighted by atomic mass is 15.2. The Hall–Kier alpha value is -8.46. The largest absolute Gasteiger partial charge is 0.332 e. The predicted octanol–water partition coefficient (Wildman–Crippen LogP) is 18.3. The molecule has 0 saturated carbocycles. The second-order valence-corrected chi connectivity index (χ2v) is 20.8. The van der Waals surface area contributed by atoms with Gasteiger partial charge >= 0.3 is 0 Å². The highest BCUT2D eigenvalue weighted by Crippen LogP contribution is 2.58. The number of rotatable bonds is 9. The average molecular weight is 925 g/mol. The van der Waals surface area contributed by atoms with Crippen molar-refractivity contribution in [3.05, 3.63) is 299 Å². The Labute approximate surface area is 424 Å². The van der Waals surface area contributed by atoms with Crippen LogP contribution in [0.3, 0.4) is 0 Å². The molecule has 3 aliphatic rings. The third-order valence-corrected chi connectivity index (χ3v) is 16.1. The average Bonchev–Trinajstić information content (AvgIpc) is 4.00. The summed E-state index contributed by atoms with van der Waals surface area (Å²) in [6.07, 6.45) is 0. The molecule has 0 N–H and O–H groups in total. The van der Waals surface area contributed by atoms with Gasteiger partial charge in [-0.25, -0.2) is 0 Å². The Balaban J connectivity index is 0.912. The summed E-state index contributed by atoms with van der Waals surface area (Å²) in [5.74, 6) is 0.0328. The fourth-order valence-corrected chi connectivity index (χ4v) is 12.6. The van der Waals surface area contributed by atoms with E-state index in [1.165, 1.54) is 94.8 Å².